The van der Waals surface area contributed by atoms with Crippen LogP contribution in [0.5, 0.6) is 5.75 Å². The number of amides is 1. The van der Waals surface area contributed by atoms with Crippen molar-refractivity contribution in [1.82, 2.24) is 15.3 Å². The third-order valence-corrected chi connectivity index (χ3v) is 4.97. The highest BCUT2D eigenvalue weighted by molar-refractivity contribution is 5.65. The topological polar surface area (TPSA) is 84.3 Å². The predicted octanol–water partition coefficient (Wildman–Crippen LogP) is 4.12. The van der Waals surface area contributed by atoms with E-state index in [1.54, 1.807) is 30.6 Å². The lowest BCUT2D eigenvalue weighted by Crippen LogP contribution is -2.51. The number of nitrogens with one attached hydrogen (secondary N) is 1. The summed E-state index contributed by atoms with van der Waals surface area (Å²) in [6.07, 6.45) is 5.25. The molecule has 0 aromatic carbocycles. The van der Waals surface area contributed by atoms with Gasteiger partial charge >= 0.3 is 6.09 Å². The Kier molecular flexibility index (Phi) is 5.04. The molecule has 27 heavy (non-hydrogen) atoms. The molecule has 0 radical (unpaired) electrons. The Balaban J connectivity index is 1.77. The first-order chi connectivity index (χ1) is 12.7. The van der Waals surface area contributed by atoms with Crippen LogP contribution in [0.2, 0.25) is 0 Å². The smallest absolute Gasteiger partial charge is 0.404 e. The summed E-state index contributed by atoms with van der Waals surface area (Å²) in [6.45, 7) is 6.37. The van der Waals surface area contributed by atoms with Gasteiger partial charge in [0.2, 0.25) is 5.95 Å². The minimum Gasteiger partial charge on any atom is -0.491 e. The van der Waals surface area contributed by atoms with Crippen molar-refractivity contribution in [3.63, 3.8) is 0 Å². The number of nitrogens with zero attached hydrogens (tertiary/aromatic N) is 2. The fourth-order valence-corrected chi connectivity index (χ4v) is 3.56. The summed E-state index contributed by atoms with van der Waals surface area (Å²) in [5.74, 6) is -0.118. The first kappa shape index (κ1) is 19.1. The van der Waals surface area contributed by atoms with E-state index in [0.29, 0.717) is 23.5 Å². The molecular weight excluding hydrogens is 349 g/mol. The van der Waals surface area contributed by atoms with Crippen molar-refractivity contribution in [2.75, 3.05) is 6.61 Å². The van der Waals surface area contributed by atoms with Crippen molar-refractivity contribution < 1.29 is 19.0 Å². The summed E-state index contributed by atoms with van der Waals surface area (Å²) in [5, 5.41) is 11.9. The van der Waals surface area contributed by atoms with E-state index in [1.807, 2.05) is 20.8 Å². The summed E-state index contributed by atoms with van der Waals surface area (Å²) < 4.78 is 20.0. The van der Waals surface area contributed by atoms with Crippen LogP contribution in [0.1, 0.15) is 33.6 Å². The molecule has 7 heteroatoms. The molecule has 0 bridgehead atoms. The molecule has 2 aromatic rings. The van der Waals surface area contributed by atoms with E-state index in [1.165, 1.54) is 6.20 Å². The molecule has 1 amide bonds. The molecule has 1 saturated carbocycles. The number of pyridine rings is 2. The molecule has 6 nitrogen and oxygen atoms in total. The minimum atomic E-state index is -1.04. The van der Waals surface area contributed by atoms with Crippen LogP contribution >= 0.6 is 0 Å². The Hall–Kier alpha value is -2.70. The number of carboxylic acid groups (broad SMARTS) is 1. The molecular formula is C20H24FN3O3. The Morgan fingerprint density at radius 3 is 2.59 bits per heavy atom. The van der Waals surface area contributed by atoms with Gasteiger partial charge in [-0.1, -0.05) is 20.8 Å². The van der Waals surface area contributed by atoms with Crippen molar-refractivity contribution in [2.45, 2.75) is 39.7 Å². The Labute approximate surface area is 157 Å². The molecule has 0 aliphatic heterocycles. The summed E-state index contributed by atoms with van der Waals surface area (Å²) in [4.78, 5) is 19.0. The molecule has 1 aliphatic rings. The van der Waals surface area contributed by atoms with E-state index in [2.05, 4.69) is 15.3 Å². The zero-order chi connectivity index (χ0) is 19.7. The first-order valence-corrected chi connectivity index (χ1v) is 8.89. The SMILES string of the molecule is CC(C)(C)C(NC(=O)O)C1(COc2cnc(F)c(-c3ccncc3)c2)CC1. The van der Waals surface area contributed by atoms with Crippen LogP contribution < -0.4 is 10.1 Å². The molecule has 3 rings (SSSR count). The van der Waals surface area contributed by atoms with Gasteiger partial charge in [0.1, 0.15) is 5.75 Å². The fraction of sp³-hybridized carbons (Fsp3) is 0.450. The number of carbonyl (C=O) groups is 1. The molecule has 2 heterocycles. The second-order valence-corrected chi connectivity index (χ2v) is 8.14. The zero-order valence-corrected chi connectivity index (χ0v) is 15.7. The lowest BCUT2D eigenvalue weighted by atomic mass is 9.77. The molecule has 1 fully saturated rings. The first-order valence-electron chi connectivity index (χ1n) is 8.89. The monoisotopic (exact) mass is 373 g/mol. The normalized spacial score (nSPS) is 16.4. The third-order valence-electron chi connectivity index (χ3n) is 4.97. The quantitative estimate of drug-likeness (QED) is 0.744. The number of hydrogen-bond acceptors (Lipinski definition) is 4. The molecule has 1 atom stereocenters. The van der Waals surface area contributed by atoms with E-state index < -0.39 is 12.0 Å². The largest absolute Gasteiger partial charge is 0.491 e. The highest BCUT2D eigenvalue weighted by Gasteiger charge is 2.54. The lowest BCUT2D eigenvalue weighted by Gasteiger charge is -2.37. The van der Waals surface area contributed by atoms with Crippen molar-refractivity contribution in [2.24, 2.45) is 10.8 Å². The third kappa shape index (κ3) is 4.35. The average molecular weight is 373 g/mol. The summed E-state index contributed by atoms with van der Waals surface area (Å²) >= 11 is 0. The van der Waals surface area contributed by atoms with Crippen molar-refractivity contribution in [1.29, 1.82) is 0 Å². The van der Waals surface area contributed by atoms with Crippen LogP contribution in [0.25, 0.3) is 11.1 Å². The molecule has 144 valence electrons. The van der Waals surface area contributed by atoms with Crippen LogP contribution in [0.3, 0.4) is 0 Å². The molecule has 1 aliphatic carbocycles. The van der Waals surface area contributed by atoms with E-state index in [4.69, 9.17) is 4.74 Å². The number of halogens is 1. The Morgan fingerprint density at radius 1 is 1.37 bits per heavy atom. The zero-order valence-electron chi connectivity index (χ0n) is 15.7. The molecule has 0 spiro atoms. The van der Waals surface area contributed by atoms with Gasteiger partial charge in [-0.05, 0) is 42.0 Å². The van der Waals surface area contributed by atoms with Crippen molar-refractivity contribution >= 4 is 6.09 Å². The number of aromatic nitrogens is 2. The Morgan fingerprint density at radius 2 is 2.04 bits per heavy atom. The lowest BCUT2D eigenvalue weighted by molar-refractivity contribution is 0.110. The molecule has 2 N–H and O–H groups in total. The number of ether oxygens (including phenoxy) is 1. The summed E-state index contributed by atoms with van der Waals surface area (Å²) in [6, 6.07) is 4.79. The second kappa shape index (κ2) is 7.13. The van der Waals surface area contributed by atoms with Crippen molar-refractivity contribution in [3.05, 3.63) is 42.7 Å². The summed E-state index contributed by atoms with van der Waals surface area (Å²) in [5.41, 5.74) is 0.501. The van der Waals surface area contributed by atoms with Crippen LogP contribution in [0.15, 0.2) is 36.8 Å². The standard InChI is InChI=1S/C20H24FN3O3/c1-19(2,3)17(24-18(25)26)20(6-7-20)12-27-14-10-15(16(21)23-11-14)13-4-8-22-9-5-13/h4-5,8-11,17,24H,6-7,12H2,1-3H3,(H,25,26). The summed E-state index contributed by atoms with van der Waals surface area (Å²) in [7, 11) is 0. The highest BCUT2D eigenvalue weighted by Crippen LogP contribution is 2.53. The van der Waals surface area contributed by atoms with Gasteiger partial charge in [0.05, 0.1) is 12.8 Å². The average Bonchev–Trinajstić information content (AvgIpc) is 3.39. The van der Waals surface area contributed by atoms with E-state index in [9.17, 15) is 14.3 Å². The number of hydrogen-bond donors (Lipinski definition) is 2. The van der Waals surface area contributed by atoms with Gasteiger partial charge in [-0.2, -0.15) is 4.39 Å². The van der Waals surface area contributed by atoms with Gasteiger partial charge in [0.15, 0.2) is 0 Å². The molecule has 1 unspecified atom stereocenters. The van der Waals surface area contributed by atoms with Gasteiger partial charge in [-0.3, -0.25) is 4.98 Å². The van der Waals surface area contributed by atoms with Crippen molar-refractivity contribution in [3.8, 4) is 16.9 Å². The maximum absolute atomic E-state index is 14.1. The highest BCUT2D eigenvalue weighted by atomic mass is 19.1. The van der Waals surface area contributed by atoms with Gasteiger partial charge in [0, 0.05) is 29.4 Å². The minimum absolute atomic E-state index is 0.240. The van der Waals surface area contributed by atoms with Crippen LogP contribution in [0.4, 0.5) is 9.18 Å². The predicted molar refractivity (Wildman–Crippen MR) is 99.0 cm³/mol. The second-order valence-electron chi connectivity index (χ2n) is 8.14. The van der Waals surface area contributed by atoms with E-state index in [0.717, 1.165) is 12.8 Å². The maximum Gasteiger partial charge on any atom is 0.404 e. The van der Waals surface area contributed by atoms with Gasteiger partial charge in [-0.15, -0.1) is 0 Å². The van der Waals surface area contributed by atoms with Gasteiger partial charge in [-0.25, -0.2) is 9.78 Å². The van der Waals surface area contributed by atoms with Crippen LogP contribution in [-0.4, -0.2) is 33.8 Å². The fourth-order valence-electron chi connectivity index (χ4n) is 3.56. The van der Waals surface area contributed by atoms with Crippen LogP contribution in [0, 0.1) is 16.8 Å². The van der Waals surface area contributed by atoms with Crippen LogP contribution in [-0.2, 0) is 0 Å². The van der Waals surface area contributed by atoms with Gasteiger partial charge in [0.25, 0.3) is 0 Å². The number of rotatable bonds is 6. The van der Waals surface area contributed by atoms with Gasteiger partial charge < -0.3 is 15.2 Å². The van der Waals surface area contributed by atoms with E-state index >= 15 is 0 Å². The Bertz CT molecular complexity index is 817. The molecule has 2 aromatic heterocycles. The van der Waals surface area contributed by atoms with E-state index in [-0.39, 0.29) is 16.9 Å². The molecule has 0 saturated heterocycles. The maximum atomic E-state index is 14.1.